The van der Waals surface area contributed by atoms with Gasteiger partial charge in [0, 0.05) is 24.2 Å². The molecule has 0 saturated heterocycles. The molecule has 2 N–H and O–H groups in total. The van der Waals surface area contributed by atoms with E-state index < -0.39 is 45.7 Å². The lowest BCUT2D eigenvalue weighted by atomic mass is 9.38. The lowest BCUT2D eigenvalue weighted by Crippen LogP contribution is -2.75. The molecule has 0 atom stereocenters. The van der Waals surface area contributed by atoms with E-state index in [1.165, 1.54) is 19.1 Å². The van der Waals surface area contributed by atoms with Crippen LogP contribution in [-0.4, -0.2) is 39.9 Å². The number of nitrogens with zero attached hydrogens (tertiary/aromatic N) is 2. The van der Waals surface area contributed by atoms with Crippen LogP contribution in [0.5, 0.6) is 5.75 Å². The van der Waals surface area contributed by atoms with Gasteiger partial charge in [-0.15, -0.1) is 0 Å². The number of pyridine rings is 1. The second-order valence-electron chi connectivity index (χ2n) is 10.3. The minimum absolute atomic E-state index is 0.0239. The van der Waals surface area contributed by atoms with Crippen molar-refractivity contribution in [3.8, 4) is 5.75 Å². The maximum Gasteiger partial charge on any atom is 0.417 e. The average molecular weight is 615 g/mol. The second kappa shape index (κ2) is 10.3. The first kappa shape index (κ1) is 28.8. The zero-order valence-electron chi connectivity index (χ0n) is 21.1. The number of anilines is 1. The number of nitrogens with one attached hydrogen (secondary N) is 2. The van der Waals surface area contributed by atoms with E-state index in [4.69, 9.17) is 32.5 Å². The fourth-order valence-electron chi connectivity index (χ4n) is 5.47. The van der Waals surface area contributed by atoms with E-state index in [-0.39, 0.29) is 52.1 Å². The smallest absolute Gasteiger partial charge is 0.417 e. The SMILES string of the molecule is Cc1onc(C(=O)CC23CC(NC(=O)COc4ccc(Cl)c(F)c4)(C2)C3)c1C(=O)Nc1ncc(C(F)(F)F)cc1Cl. The van der Waals surface area contributed by atoms with Crippen LogP contribution >= 0.6 is 23.2 Å². The summed E-state index contributed by atoms with van der Waals surface area (Å²) in [6, 6.07) is 4.46. The Morgan fingerprint density at radius 2 is 1.83 bits per heavy atom. The Morgan fingerprint density at radius 1 is 1.12 bits per heavy atom. The number of benzene rings is 1. The molecule has 3 aromatic rings. The van der Waals surface area contributed by atoms with E-state index in [1.807, 2.05) is 0 Å². The Labute approximate surface area is 239 Å². The molecule has 0 radical (unpaired) electrons. The molecule has 9 nitrogen and oxygen atoms in total. The summed E-state index contributed by atoms with van der Waals surface area (Å²) < 4.78 is 62.5. The van der Waals surface area contributed by atoms with Gasteiger partial charge in [0.05, 0.1) is 15.6 Å². The van der Waals surface area contributed by atoms with E-state index in [0.29, 0.717) is 31.5 Å². The molecule has 6 rings (SSSR count). The molecule has 0 spiro atoms. The van der Waals surface area contributed by atoms with Gasteiger partial charge in [0.15, 0.2) is 23.9 Å². The zero-order valence-corrected chi connectivity index (χ0v) is 22.6. The molecule has 3 aliphatic carbocycles. The molecule has 3 fully saturated rings. The summed E-state index contributed by atoms with van der Waals surface area (Å²) in [5.41, 5.74) is -2.36. The molecular weight excluding hydrogens is 595 g/mol. The van der Waals surface area contributed by atoms with Gasteiger partial charge in [-0.25, -0.2) is 9.37 Å². The number of Topliss-reactive ketones (excluding diaryl/α,β-unsaturated/α-hetero) is 1. The molecule has 216 valence electrons. The third kappa shape index (κ3) is 5.73. The van der Waals surface area contributed by atoms with E-state index in [9.17, 15) is 31.9 Å². The monoisotopic (exact) mass is 614 g/mol. The number of halogens is 6. The maximum absolute atomic E-state index is 13.5. The fraction of sp³-hybridized carbons (Fsp3) is 0.346. The lowest BCUT2D eigenvalue weighted by molar-refractivity contribution is -0.164. The van der Waals surface area contributed by atoms with Gasteiger partial charge < -0.3 is 19.9 Å². The number of aryl methyl sites for hydroxylation is 1. The number of carbonyl (C=O) groups is 3. The third-order valence-corrected chi connectivity index (χ3v) is 7.69. The van der Waals surface area contributed by atoms with Crippen molar-refractivity contribution in [1.82, 2.24) is 15.5 Å². The maximum atomic E-state index is 13.5. The van der Waals surface area contributed by atoms with Gasteiger partial charge in [0.1, 0.15) is 22.9 Å². The lowest BCUT2D eigenvalue weighted by Gasteiger charge is -2.70. The van der Waals surface area contributed by atoms with Crippen molar-refractivity contribution in [2.45, 2.75) is 44.3 Å². The van der Waals surface area contributed by atoms with Crippen molar-refractivity contribution >= 4 is 46.6 Å². The Bertz CT molecular complexity index is 1560. The van der Waals surface area contributed by atoms with Gasteiger partial charge in [-0.2, -0.15) is 13.2 Å². The highest BCUT2D eigenvalue weighted by molar-refractivity contribution is 6.33. The predicted molar refractivity (Wildman–Crippen MR) is 136 cm³/mol. The highest BCUT2D eigenvalue weighted by Gasteiger charge is 2.68. The summed E-state index contributed by atoms with van der Waals surface area (Å²) in [7, 11) is 0. The average Bonchev–Trinajstić information content (AvgIpc) is 3.24. The molecule has 15 heteroatoms. The molecular formula is C26H20Cl2F4N4O5. The van der Waals surface area contributed by atoms with Crippen molar-refractivity contribution in [2.24, 2.45) is 5.41 Å². The topological polar surface area (TPSA) is 123 Å². The minimum atomic E-state index is -4.67. The van der Waals surface area contributed by atoms with Crippen LogP contribution in [0.4, 0.5) is 23.4 Å². The fourth-order valence-corrected chi connectivity index (χ4v) is 5.81. The number of aromatic nitrogens is 2. The Kier molecular flexibility index (Phi) is 7.23. The molecule has 41 heavy (non-hydrogen) atoms. The van der Waals surface area contributed by atoms with Gasteiger partial charge >= 0.3 is 6.18 Å². The van der Waals surface area contributed by atoms with Crippen molar-refractivity contribution in [3.05, 3.63) is 68.9 Å². The van der Waals surface area contributed by atoms with Crippen LogP contribution in [0.3, 0.4) is 0 Å². The molecule has 2 bridgehead atoms. The molecule has 3 aliphatic rings. The van der Waals surface area contributed by atoms with Crippen molar-refractivity contribution in [1.29, 1.82) is 0 Å². The van der Waals surface area contributed by atoms with Crippen LogP contribution in [0.1, 0.15) is 57.9 Å². The van der Waals surface area contributed by atoms with Gasteiger partial charge in [0.25, 0.3) is 11.8 Å². The first-order valence-corrected chi connectivity index (χ1v) is 12.9. The van der Waals surface area contributed by atoms with E-state index in [1.54, 1.807) is 0 Å². The van der Waals surface area contributed by atoms with E-state index in [0.717, 1.165) is 6.07 Å². The summed E-state index contributed by atoms with van der Waals surface area (Å²) >= 11 is 11.5. The first-order chi connectivity index (χ1) is 19.2. The molecule has 2 aromatic heterocycles. The molecule has 2 heterocycles. The summed E-state index contributed by atoms with van der Waals surface area (Å²) in [6.45, 7) is 1.08. The number of ether oxygens (including phenoxy) is 1. The number of hydrogen-bond donors (Lipinski definition) is 2. The van der Waals surface area contributed by atoms with Crippen LogP contribution in [-0.2, 0) is 11.0 Å². The van der Waals surface area contributed by atoms with E-state index >= 15 is 0 Å². The van der Waals surface area contributed by atoms with Gasteiger partial charge in [-0.05, 0) is 49.8 Å². The summed E-state index contributed by atoms with van der Waals surface area (Å²) in [4.78, 5) is 42.0. The van der Waals surface area contributed by atoms with Crippen LogP contribution in [0.2, 0.25) is 10.0 Å². The minimum Gasteiger partial charge on any atom is -0.484 e. The van der Waals surface area contributed by atoms with Crippen LogP contribution < -0.4 is 15.4 Å². The van der Waals surface area contributed by atoms with Crippen molar-refractivity contribution in [3.63, 3.8) is 0 Å². The summed E-state index contributed by atoms with van der Waals surface area (Å²) in [6.07, 6.45) is -2.53. The Hall–Kier alpha value is -3.71. The Morgan fingerprint density at radius 3 is 2.46 bits per heavy atom. The standard InChI is InChI=1S/C26H20Cl2F4N4O5/c1-12-20(23(39)34-22-16(28)4-13(7-33-22)26(30,31)32)21(36-41-12)18(37)6-24-9-25(10-24,11-24)35-19(38)8-40-14-2-3-15(27)17(29)5-14/h2-5,7H,6,8-11H2,1H3,(H,35,38)(H,33,34,39). The number of alkyl halides is 3. The zero-order chi connectivity index (χ0) is 29.7. The Balaban J connectivity index is 1.16. The van der Waals surface area contributed by atoms with Crippen molar-refractivity contribution < 1.29 is 41.2 Å². The molecule has 1 aromatic carbocycles. The normalized spacial score (nSPS) is 21.0. The van der Waals surface area contributed by atoms with E-state index in [2.05, 4.69) is 20.8 Å². The molecule has 3 saturated carbocycles. The number of amides is 2. The van der Waals surface area contributed by atoms with Crippen LogP contribution in [0, 0.1) is 18.2 Å². The summed E-state index contributed by atoms with van der Waals surface area (Å²) in [5.74, 6) is -2.56. The van der Waals surface area contributed by atoms with Gasteiger partial charge in [-0.1, -0.05) is 28.4 Å². The quantitative estimate of drug-likeness (QED) is 0.231. The number of ketones is 1. The molecule has 0 unspecified atom stereocenters. The van der Waals surface area contributed by atoms with Crippen molar-refractivity contribution in [2.75, 3.05) is 11.9 Å². The van der Waals surface area contributed by atoms with Crippen LogP contribution in [0.25, 0.3) is 0 Å². The van der Waals surface area contributed by atoms with Crippen LogP contribution in [0.15, 0.2) is 35.0 Å². The van der Waals surface area contributed by atoms with Gasteiger partial charge in [-0.3, -0.25) is 14.4 Å². The number of carbonyl (C=O) groups excluding carboxylic acids is 3. The largest absolute Gasteiger partial charge is 0.484 e. The molecule has 0 aliphatic heterocycles. The molecule has 2 amide bonds. The number of hydrogen-bond acceptors (Lipinski definition) is 7. The number of rotatable bonds is 9. The first-order valence-electron chi connectivity index (χ1n) is 12.1. The van der Waals surface area contributed by atoms with Gasteiger partial charge in [0.2, 0.25) is 0 Å². The second-order valence-corrected chi connectivity index (χ2v) is 11.1. The third-order valence-electron chi connectivity index (χ3n) is 7.10. The predicted octanol–water partition coefficient (Wildman–Crippen LogP) is 5.79. The summed E-state index contributed by atoms with van der Waals surface area (Å²) in [5, 5.41) is 8.41. The highest BCUT2D eigenvalue weighted by atomic mass is 35.5. The highest BCUT2D eigenvalue weighted by Crippen LogP contribution is 2.69.